The van der Waals surface area contributed by atoms with E-state index in [1.54, 1.807) is 18.2 Å². The van der Waals surface area contributed by atoms with Crippen molar-refractivity contribution in [2.24, 2.45) is 0 Å². The van der Waals surface area contributed by atoms with Crippen LogP contribution in [0.4, 0.5) is 0 Å². The minimum absolute atomic E-state index is 0.127. The molecular weight excluding hydrogens is 486 g/mol. The number of carbonyl (C=O) groups excluding carboxylic acids is 2. The van der Waals surface area contributed by atoms with Crippen LogP contribution < -0.4 is 5.32 Å². The predicted octanol–water partition coefficient (Wildman–Crippen LogP) is 4.23. The van der Waals surface area contributed by atoms with Crippen molar-refractivity contribution >= 4 is 32.6 Å². The highest BCUT2D eigenvalue weighted by Gasteiger charge is 2.31. The third-order valence-corrected chi connectivity index (χ3v) is 8.29. The first-order valence-corrected chi connectivity index (χ1v) is 14.3. The third-order valence-electron chi connectivity index (χ3n) is 6.49. The number of nitrogens with one attached hydrogen (secondary N) is 1. The van der Waals surface area contributed by atoms with E-state index in [-0.39, 0.29) is 17.3 Å². The van der Waals surface area contributed by atoms with Gasteiger partial charge < -0.3 is 10.2 Å². The first kappa shape index (κ1) is 28.3. The predicted molar refractivity (Wildman–Crippen MR) is 148 cm³/mol. The molecule has 0 bridgehead atoms. The zero-order valence-electron chi connectivity index (χ0n) is 21.9. The average Bonchev–Trinajstić information content (AvgIpc) is 2.91. The quantitative estimate of drug-likeness (QED) is 0.340. The summed E-state index contributed by atoms with van der Waals surface area (Å²) in [7, 11) is -2.51. The number of carbonyl (C=O) groups is 2. The van der Waals surface area contributed by atoms with E-state index < -0.39 is 22.0 Å². The number of amides is 2. The van der Waals surface area contributed by atoms with Gasteiger partial charge in [0, 0.05) is 20.1 Å². The summed E-state index contributed by atoms with van der Waals surface area (Å²) in [5.74, 6) is -0.613. The second-order valence-electron chi connectivity index (χ2n) is 9.16. The third kappa shape index (κ3) is 7.40. The molecule has 8 heteroatoms. The number of fused-ring (bicyclic) bond motifs is 1. The SMILES string of the molecule is CCCCNC(=O)[C@@H](CC)N(CCc1ccccc1)C(=O)CN(C)S(=O)(=O)c1ccc2ccccc2c1. The molecule has 0 aromatic heterocycles. The Kier molecular flexibility index (Phi) is 10.2. The molecule has 0 radical (unpaired) electrons. The van der Waals surface area contributed by atoms with Gasteiger partial charge in [-0.1, -0.05) is 80.9 Å². The van der Waals surface area contributed by atoms with E-state index in [0.29, 0.717) is 25.9 Å². The minimum Gasteiger partial charge on any atom is -0.354 e. The lowest BCUT2D eigenvalue weighted by Gasteiger charge is -2.32. The van der Waals surface area contributed by atoms with Crippen molar-refractivity contribution in [1.29, 1.82) is 0 Å². The standard InChI is InChI=1S/C29H37N3O4S/c1-4-6-19-30-29(34)27(5-2)32(20-18-23-12-8-7-9-13-23)28(33)22-31(3)37(35,36)26-17-16-24-14-10-11-15-25(24)21-26/h7-17,21,27H,4-6,18-20,22H2,1-3H3,(H,30,34)/t27-/m1/s1. The van der Waals surface area contributed by atoms with Crippen LogP contribution in [0.3, 0.4) is 0 Å². The first-order valence-electron chi connectivity index (χ1n) is 12.8. The Balaban J connectivity index is 1.81. The fourth-order valence-electron chi connectivity index (χ4n) is 4.28. The summed E-state index contributed by atoms with van der Waals surface area (Å²) >= 11 is 0. The molecule has 0 aliphatic rings. The lowest BCUT2D eigenvalue weighted by atomic mass is 10.1. The van der Waals surface area contributed by atoms with E-state index in [4.69, 9.17) is 0 Å². The van der Waals surface area contributed by atoms with Gasteiger partial charge in [0.15, 0.2) is 0 Å². The van der Waals surface area contributed by atoms with Crippen molar-refractivity contribution in [3.8, 4) is 0 Å². The number of hydrogen-bond donors (Lipinski definition) is 1. The Morgan fingerprint density at radius 3 is 2.27 bits per heavy atom. The Labute approximate surface area is 220 Å². The number of nitrogens with zero attached hydrogens (tertiary/aromatic N) is 2. The zero-order valence-corrected chi connectivity index (χ0v) is 22.7. The van der Waals surface area contributed by atoms with E-state index in [1.807, 2.05) is 68.4 Å². The fourth-order valence-corrected chi connectivity index (χ4v) is 5.43. The van der Waals surface area contributed by atoms with Crippen LogP contribution in [0.5, 0.6) is 0 Å². The van der Waals surface area contributed by atoms with Gasteiger partial charge in [-0.25, -0.2) is 8.42 Å². The maximum absolute atomic E-state index is 13.5. The normalized spacial score (nSPS) is 12.4. The molecule has 1 atom stereocenters. The molecule has 0 aliphatic heterocycles. The number of benzene rings is 3. The molecule has 198 valence electrons. The largest absolute Gasteiger partial charge is 0.354 e. The van der Waals surface area contributed by atoms with Crippen LogP contribution in [0, 0.1) is 0 Å². The number of sulfonamides is 1. The van der Waals surface area contributed by atoms with Crippen LogP contribution in [-0.2, 0) is 26.0 Å². The van der Waals surface area contributed by atoms with Crippen LogP contribution in [0.1, 0.15) is 38.7 Å². The van der Waals surface area contributed by atoms with Crippen molar-refractivity contribution in [3.05, 3.63) is 78.4 Å². The molecule has 3 aromatic rings. The summed E-state index contributed by atoms with van der Waals surface area (Å²) in [5.41, 5.74) is 1.04. The number of hydrogen-bond acceptors (Lipinski definition) is 4. The monoisotopic (exact) mass is 523 g/mol. The second kappa shape index (κ2) is 13.4. The van der Waals surface area contributed by atoms with Crippen molar-refractivity contribution in [2.75, 3.05) is 26.7 Å². The first-order chi connectivity index (χ1) is 17.8. The Morgan fingerprint density at radius 1 is 0.919 bits per heavy atom. The molecule has 0 heterocycles. The number of unbranched alkanes of at least 4 members (excludes halogenated alkanes) is 1. The van der Waals surface area contributed by atoms with Crippen LogP contribution in [-0.4, -0.2) is 62.2 Å². The van der Waals surface area contributed by atoms with Gasteiger partial charge in [-0.05, 0) is 47.7 Å². The van der Waals surface area contributed by atoms with E-state index in [0.717, 1.165) is 33.5 Å². The Morgan fingerprint density at radius 2 is 1.59 bits per heavy atom. The molecule has 3 rings (SSSR count). The molecule has 0 spiro atoms. The van der Waals surface area contributed by atoms with Crippen LogP contribution in [0.25, 0.3) is 10.8 Å². The molecular formula is C29H37N3O4S. The van der Waals surface area contributed by atoms with Crippen molar-refractivity contribution in [1.82, 2.24) is 14.5 Å². The smallest absolute Gasteiger partial charge is 0.243 e. The van der Waals surface area contributed by atoms with Crippen LogP contribution >= 0.6 is 0 Å². The molecule has 0 aliphatic carbocycles. The van der Waals surface area contributed by atoms with Gasteiger partial charge >= 0.3 is 0 Å². The lowest BCUT2D eigenvalue weighted by Crippen LogP contribution is -2.52. The average molecular weight is 524 g/mol. The van der Waals surface area contributed by atoms with Gasteiger partial charge in [-0.3, -0.25) is 9.59 Å². The van der Waals surface area contributed by atoms with Gasteiger partial charge in [-0.15, -0.1) is 0 Å². The summed E-state index contributed by atoms with van der Waals surface area (Å²) in [6.45, 7) is 4.41. The van der Waals surface area contributed by atoms with Gasteiger partial charge in [0.25, 0.3) is 0 Å². The highest BCUT2D eigenvalue weighted by molar-refractivity contribution is 7.89. The molecule has 37 heavy (non-hydrogen) atoms. The summed E-state index contributed by atoms with van der Waals surface area (Å²) in [4.78, 5) is 28.2. The van der Waals surface area contributed by atoms with Gasteiger partial charge in [0.2, 0.25) is 21.8 Å². The number of likely N-dealkylation sites (N-methyl/N-ethyl adjacent to an activating group) is 1. The molecule has 0 unspecified atom stereocenters. The van der Waals surface area contributed by atoms with Crippen molar-refractivity contribution < 1.29 is 18.0 Å². The topological polar surface area (TPSA) is 86.8 Å². The van der Waals surface area contributed by atoms with Crippen molar-refractivity contribution in [3.63, 3.8) is 0 Å². The van der Waals surface area contributed by atoms with Crippen molar-refractivity contribution in [2.45, 2.75) is 50.5 Å². The maximum atomic E-state index is 13.5. The highest BCUT2D eigenvalue weighted by Crippen LogP contribution is 2.21. The van der Waals surface area contributed by atoms with Gasteiger partial charge in [0.05, 0.1) is 11.4 Å². The molecule has 0 fully saturated rings. The maximum Gasteiger partial charge on any atom is 0.243 e. The van der Waals surface area contributed by atoms with Crippen LogP contribution in [0.15, 0.2) is 77.7 Å². The van der Waals surface area contributed by atoms with Gasteiger partial charge in [-0.2, -0.15) is 4.31 Å². The van der Waals surface area contributed by atoms with E-state index in [2.05, 4.69) is 5.32 Å². The Bertz CT molecular complexity index is 1290. The van der Waals surface area contributed by atoms with E-state index in [1.165, 1.54) is 11.9 Å². The van der Waals surface area contributed by atoms with Crippen LogP contribution in [0.2, 0.25) is 0 Å². The molecule has 3 aromatic carbocycles. The summed E-state index contributed by atoms with van der Waals surface area (Å²) < 4.78 is 27.7. The highest BCUT2D eigenvalue weighted by atomic mass is 32.2. The summed E-state index contributed by atoms with van der Waals surface area (Å²) in [5, 5.41) is 4.67. The molecule has 0 saturated carbocycles. The fraction of sp³-hybridized carbons (Fsp3) is 0.379. The molecule has 2 amide bonds. The Hall–Kier alpha value is -3.23. The number of rotatable bonds is 13. The summed E-state index contributed by atoms with van der Waals surface area (Å²) in [6.07, 6.45) is 2.80. The lowest BCUT2D eigenvalue weighted by molar-refractivity contribution is -0.140. The van der Waals surface area contributed by atoms with E-state index >= 15 is 0 Å². The summed E-state index contributed by atoms with van der Waals surface area (Å²) in [6, 6.07) is 21.5. The molecule has 7 nitrogen and oxygen atoms in total. The van der Waals surface area contributed by atoms with Gasteiger partial charge in [0.1, 0.15) is 6.04 Å². The molecule has 1 N–H and O–H groups in total. The zero-order chi connectivity index (χ0) is 26.8. The second-order valence-corrected chi connectivity index (χ2v) is 11.2. The minimum atomic E-state index is -3.91. The van der Waals surface area contributed by atoms with E-state index in [9.17, 15) is 18.0 Å². The molecule has 0 saturated heterocycles.